The maximum atomic E-state index is 11.7. The van der Waals surface area contributed by atoms with Crippen molar-refractivity contribution in [3.63, 3.8) is 0 Å². The predicted molar refractivity (Wildman–Crippen MR) is 70.7 cm³/mol. The molecule has 2 nitrogen and oxygen atoms in total. The summed E-state index contributed by atoms with van der Waals surface area (Å²) in [5, 5.41) is 0. The highest BCUT2D eigenvalue weighted by Crippen LogP contribution is 2.33. The van der Waals surface area contributed by atoms with E-state index in [2.05, 4.69) is 27.4 Å². The average molecular weight is 238 g/mol. The largest absolute Gasteiger partial charge is 0.495 e. The minimum absolute atomic E-state index is 0.0106. The summed E-state index contributed by atoms with van der Waals surface area (Å²) in [6.07, 6.45) is 5.80. The van der Waals surface area contributed by atoms with Gasteiger partial charge < -0.3 is 4.74 Å². The molecule has 0 aromatic carbocycles. The SMILES string of the molecule is C=C(C[C@H](C(C)=O)C(C)(C)C)OC1CCCC1. The Morgan fingerprint density at radius 2 is 1.88 bits per heavy atom. The molecule has 1 rings (SSSR count). The molecule has 0 heterocycles. The van der Waals surface area contributed by atoms with E-state index in [4.69, 9.17) is 4.74 Å². The van der Waals surface area contributed by atoms with Crippen LogP contribution in [-0.4, -0.2) is 11.9 Å². The van der Waals surface area contributed by atoms with Crippen molar-refractivity contribution in [3.8, 4) is 0 Å². The van der Waals surface area contributed by atoms with Crippen LogP contribution in [0.1, 0.15) is 59.8 Å². The van der Waals surface area contributed by atoms with Crippen molar-refractivity contribution in [2.75, 3.05) is 0 Å². The number of hydrogen-bond donors (Lipinski definition) is 0. The van der Waals surface area contributed by atoms with Gasteiger partial charge >= 0.3 is 0 Å². The van der Waals surface area contributed by atoms with Gasteiger partial charge in [-0.05, 0) is 38.0 Å². The Kier molecular flexibility index (Phi) is 4.79. The Labute approximate surface area is 105 Å². The molecule has 1 saturated carbocycles. The molecule has 98 valence electrons. The first kappa shape index (κ1) is 14.3. The van der Waals surface area contributed by atoms with Gasteiger partial charge in [0.15, 0.2) is 0 Å². The minimum Gasteiger partial charge on any atom is -0.495 e. The molecule has 1 aliphatic rings. The zero-order valence-electron chi connectivity index (χ0n) is 11.7. The number of hydrogen-bond acceptors (Lipinski definition) is 2. The molecule has 17 heavy (non-hydrogen) atoms. The first-order chi connectivity index (χ1) is 7.80. The Morgan fingerprint density at radius 1 is 1.35 bits per heavy atom. The van der Waals surface area contributed by atoms with Crippen LogP contribution in [-0.2, 0) is 9.53 Å². The van der Waals surface area contributed by atoms with Crippen molar-refractivity contribution in [1.82, 2.24) is 0 Å². The maximum absolute atomic E-state index is 11.7. The minimum atomic E-state index is -0.0200. The van der Waals surface area contributed by atoms with E-state index in [1.165, 1.54) is 12.8 Å². The Hall–Kier alpha value is -0.790. The van der Waals surface area contributed by atoms with Crippen molar-refractivity contribution >= 4 is 5.78 Å². The summed E-state index contributed by atoms with van der Waals surface area (Å²) >= 11 is 0. The van der Waals surface area contributed by atoms with Gasteiger partial charge in [0.1, 0.15) is 5.78 Å². The number of rotatable bonds is 5. The standard InChI is InChI=1S/C15H26O2/c1-11(17-13-8-6-7-9-13)10-14(12(2)16)15(3,4)5/h13-14H,1,6-10H2,2-5H3/t14-/m1/s1. The lowest BCUT2D eigenvalue weighted by atomic mass is 9.76. The van der Waals surface area contributed by atoms with E-state index >= 15 is 0 Å². The fraction of sp³-hybridized carbons (Fsp3) is 0.800. The average Bonchev–Trinajstić information content (AvgIpc) is 2.64. The van der Waals surface area contributed by atoms with Gasteiger partial charge in [-0.25, -0.2) is 0 Å². The molecule has 0 spiro atoms. The van der Waals surface area contributed by atoms with Crippen molar-refractivity contribution in [1.29, 1.82) is 0 Å². The number of ketones is 1. The Morgan fingerprint density at radius 3 is 2.29 bits per heavy atom. The summed E-state index contributed by atoms with van der Waals surface area (Å²) in [4.78, 5) is 11.7. The van der Waals surface area contributed by atoms with Gasteiger partial charge in [-0.1, -0.05) is 27.4 Å². The molecule has 1 aliphatic carbocycles. The lowest BCUT2D eigenvalue weighted by molar-refractivity contribution is -0.124. The summed E-state index contributed by atoms with van der Waals surface area (Å²) in [5.41, 5.74) is -0.0200. The van der Waals surface area contributed by atoms with Crippen LogP contribution in [0.5, 0.6) is 0 Å². The van der Waals surface area contributed by atoms with E-state index < -0.39 is 0 Å². The number of carbonyl (C=O) groups is 1. The van der Waals surface area contributed by atoms with Crippen LogP contribution in [0.15, 0.2) is 12.3 Å². The normalized spacial score (nSPS) is 19.1. The van der Waals surface area contributed by atoms with E-state index in [1.807, 2.05) is 0 Å². The third-order valence-electron chi connectivity index (χ3n) is 3.60. The van der Waals surface area contributed by atoms with E-state index in [-0.39, 0.29) is 17.1 Å². The van der Waals surface area contributed by atoms with E-state index in [1.54, 1.807) is 6.92 Å². The summed E-state index contributed by atoms with van der Waals surface area (Å²) < 4.78 is 5.84. The zero-order valence-corrected chi connectivity index (χ0v) is 11.7. The summed E-state index contributed by atoms with van der Waals surface area (Å²) in [6.45, 7) is 11.9. The highest BCUT2D eigenvalue weighted by atomic mass is 16.5. The monoisotopic (exact) mass is 238 g/mol. The fourth-order valence-electron chi connectivity index (χ4n) is 2.58. The van der Waals surface area contributed by atoms with Crippen molar-refractivity contribution in [3.05, 3.63) is 12.3 Å². The molecule has 0 aromatic rings. The summed E-state index contributed by atoms with van der Waals surface area (Å²) in [5.74, 6) is 1.03. The second-order valence-electron chi connectivity index (χ2n) is 6.30. The van der Waals surface area contributed by atoms with Crippen molar-refractivity contribution in [2.24, 2.45) is 11.3 Å². The second-order valence-corrected chi connectivity index (χ2v) is 6.30. The molecule has 0 bridgehead atoms. The first-order valence-electron chi connectivity index (χ1n) is 6.65. The number of allylic oxidation sites excluding steroid dienone is 1. The molecule has 0 amide bonds. The van der Waals surface area contributed by atoms with E-state index in [0.29, 0.717) is 12.5 Å². The Bertz CT molecular complexity index is 280. The van der Waals surface area contributed by atoms with Crippen molar-refractivity contribution < 1.29 is 9.53 Å². The molecule has 1 fully saturated rings. The van der Waals surface area contributed by atoms with Gasteiger partial charge in [0.05, 0.1) is 11.9 Å². The first-order valence-corrected chi connectivity index (χ1v) is 6.65. The van der Waals surface area contributed by atoms with Crippen LogP contribution in [0.3, 0.4) is 0 Å². The number of ether oxygens (including phenoxy) is 1. The summed E-state index contributed by atoms with van der Waals surface area (Å²) in [6, 6.07) is 0. The van der Waals surface area contributed by atoms with E-state index in [9.17, 15) is 4.79 Å². The lowest BCUT2D eigenvalue weighted by Gasteiger charge is -2.29. The molecule has 0 radical (unpaired) electrons. The molecule has 2 heteroatoms. The van der Waals surface area contributed by atoms with Crippen LogP contribution in [0.4, 0.5) is 0 Å². The van der Waals surface area contributed by atoms with Gasteiger partial charge in [0.2, 0.25) is 0 Å². The summed E-state index contributed by atoms with van der Waals surface area (Å²) in [7, 11) is 0. The molecule has 0 aliphatic heterocycles. The smallest absolute Gasteiger partial charge is 0.133 e. The van der Waals surface area contributed by atoms with E-state index in [0.717, 1.165) is 18.6 Å². The predicted octanol–water partition coefficient (Wildman–Crippen LogP) is 4.10. The highest BCUT2D eigenvalue weighted by Gasteiger charge is 2.30. The van der Waals surface area contributed by atoms with Crippen LogP contribution in [0, 0.1) is 11.3 Å². The van der Waals surface area contributed by atoms with Crippen molar-refractivity contribution in [2.45, 2.75) is 65.9 Å². The molecular weight excluding hydrogens is 212 g/mol. The highest BCUT2D eigenvalue weighted by molar-refractivity contribution is 5.79. The van der Waals surface area contributed by atoms with Crippen LogP contribution < -0.4 is 0 Å². The topological polar surface area (TPSA) is 26.3 Å². The zero-order chi connectivity index (χ0) is 13.1. The number of carbonyl (C=O) groups excluding carboxylic acids is 1. The van der Waals surface area contributed by atoms with Gasteiger partial charge in [-0.15, -0.1) is 0 Å². The second kappa shape index (κ2) is 5.70. The Balaban J connectivity index is 2.49. The molecule has 0 saturated heterocycles. The molecule has 0 aromatic heterocycles. The molecular formula is C15H26O2. The third kappa shape index (κ3) is 4.53. The molecule has 0 unspecified atom stereocenters. The molecule has 0 N–H and O–H groups in total. The fourth-order valence-corrected chi connectivity index (χ4v) is 2.58. The van der Waals surface area contributed by atoms with Gasteiger partial charge in [0, 0.05) is 12.3 Å². The number of Topliss-reactive ketones (excluding diaryl/α,β-unsaturated/α-hetero) is 1. The van der Waals surface area contributed by atoms with Crippen LogP contribution >= 0.6 is 0 Å². The van der Waals surface area contributed by atoms with Gasteiger partial charge in [-0.2, -0.15) is 0 Å². The lowest BCUT2D eigenvalue weighted by Crippen LogP contribution is -2.28. The van der Waals surface area contributed by atoms with Gasteiger partial charge in [-0.3, -0.25) is 4.79 Å². The quantitative estimate of drug-likeness (QED) is 0.674. The van der Waals surface area contributed by atoms with Gasteiger partial charge in [0.25, 0.3) is 0 Å². The maximum Gasteiger partial charge on any atom is 0.133 e. The molecule has 1 atom stereocenters. The van der Waals surface area contributed by atoms with Crippen LogP contribution in [0.2, 0.25) is 0 Å². The third-order valence-corrected chi connectivity index (χ3v) is 3.60. The van der Waals surface area contributed by atoms with Crippen LogP contribution in [0.25, 0.3) is 0 Å².